The number of nitrogens with zero attached hydrogens (tertiary/aromatic N) is 3. The van der Waals surface area contributed by atoms with E-state index in [-0.39, 0.29) is 12.5 Å². The number of carbonyl (C=O) groups excluding carboxylic acids is 1. The molecule has 5 rings (SSSR count). The van der Waals surface area contributed by atoms with Gasteiger partial charge in [0.1, 0.15) is 22.2 Å². The molecule has 3 heterocycles. The van der Waals surface area contributed by atoms with Crippen molar-refractivity contribution >= 4 is 40.2 Å². The van der Waals surface area contributed by atoms with Gasteiger partial charge in [0.2, 0.25) is 0 Å². The Bertz CT molecular complexity index is 1180. The van der Waals surface area contributed by atoms with Gasteiger partial charge in [-0.3, -0.25) is 4.79 Å². The fourth-order valence-corrected chi connectivity index (χ4v) is 5.70. The van der Waals surface area contributed by atoms with E-state index in [9.17, 15) is 9.90 Å². The van der Waals surface area contributed by atoms with E-state index in [4.69, 9.17) is 16.3 Å². The van der Waals surface area contributed by atoms with E-state index in [1.54, 1.807) is 12.1 Å². The topological polar surface area (TPSA) is 77.9 Å². The molecule has 1 saturated heterocycles. The number of anilines is 2. The Morgan fingerprint density at radius 1 is 1.11 bits per heavy atom. The van der Waals surface area contributed by atoms with Crippen molar-refractivity contribution in [3.05, 3.63) is 58.1 Å². The zero-order chi connectivity index (χ0) is 24.2. The molecule has 0 aliphatic carbocycles. The van der Waals surface area contributed by atoms with Gasteiger partial charge in [-0.05, 0) is 50.2 Å². The van der Waals surface area contributed by atoms with Gasteiger partial charge in [0.15, 0.2) is 0 Å². The second-order valence-electron chi connectivity index (χ2n) is 8.80. The Hall–Kier alpha value is -2.65. The molecule has 1 fully saturated rings. The fourth-order valence-electron chi connectivity index (χ4n) is 4.56. The third-order valence-electron chi connectivity index (χ3n) is 6.41. The van der Waals surface area contributed by atoms with Crippen LogP contribution in [0.2, 0.25) is 5.02 Å². The first kappa shape index (κ1) is 24.1. The van der Waals surface area contributed by atoms with Crippen LogP contribution in [0.5, 0.6) is 5.75 Å². The van der Waals surface area contributed by atoms with Crippen LogP contribution >= 0.6 is 22.9 Å². The van der Waals surface area contributed by atoms with Crippen LogP contribution in [0.15, 0.2) is 42.5 Å². The molecule has 1 aromatic heterocycles. The van der Waals surface area contributed by atoms with Gasteiger partial charge in [-0.25, -0.2) is 4.98 Å². The maximum atomic E-state index is 13.2. The number of aliphatic hydroxyl groups is 1. The van der Waals surface area contributed by atoms with Crippen LogP contribution in [0, 0.1) is 0 Å². The molecule has 0 spiro atoms. The van der Waals surface area contributed by atoms with Gasteiger partial charge in [-0.2, -0.15) is 0 Å². The second kappa shape index (κ2) is 11.0. The number of aromatic nitrogens is 1. The van der Waals surface area contributed by atoms with Gasteiger partial charge < -0.3 is 25.0 Å². The van der Waals surface area contributed by atoms with Gasteiger partial charge >= 0.3 is 0 Å². The lowest BCUT2D eigenvalue weighted by atomic mass is 10.2. The van der Waals surface area contributed by atoms with Crippen molar-refractivity contribution in [2.24, 2.45) is 0 Å². The van der Waals surface area contributed by atoms with Crippen LogP contribution in [-0.4, -0.2) is 66.8 Å². The summed E-state index contributed by atoms with van der Waals surface area (Å²) in [6.45, 7) is 5.84. The number of nitrogens with one attached hydrogen (secondary N) is 1. The van der Waals surface area contributed by atoms with Gasteiger partial charge in [-0.1, -0.05) is 23.7 Å². The predicted octanol–water partition coefficient (Wildman–Crippen LogP) is 4.55. The van der Waals surface area contributed by atoms with E-state index < -0.39 is 0 Å². The lowest BCUT2D eigenvalue weighted by Gasteiger charge is -2.32. The van der Waals surface area contributed by atoms with E-state index in [0.717, 1.165) is 41.6 Å². The Labute approximate surface area is 214 Å². The van der Waals surface area contributed by atoms with E-state index >= 15 is 0 Å². The van der Waals surface area contributed by atoms with Crippen molar-refractivity contribution in [2.75, 3.05) is 56.2 Å². The Morgan fingerprint density at radius 2 is 1.91 bits per heavy atom. The highest BCUT2D eigenvalue weighted by molar-refractivity contribution is 7.17. The molecule has 2 aromatic carbocycles. The van der Waals surface area contributed by atoms with Gasteiger partial charge in [-0.15, -0.1) is 11.3 Å². The van der Waals surface area contributed by atoms with Crippen molar-refractivity contribution in [1.82, 2.24) is 9.88 Å². The number of ether oxygens (including phenoxy) is 1. The predicted molar refractivity (Wildman–Crippen MR) is 141 cm³/mol. The SMILES string of the molecule is O=C(Nc1ccc2c(c1)OCCN2CCN1CCCC1)c1sc(-c2ccc(Cl)cc2)nc1CCO. The van der Waals surface area contributed by atoms with Crippen LogP contribution < -0.4 is 15.0 Å². The summed E-state index contributed by atoms with van der Waals surface area (Å²) in [6.07, 6.45) is 2.90. The molecule has 2 aliphatic rings. The summed E-state index contributed by atoms with van der Waals surface area (Å²) in [5.41, 5.74) is 3.21. The molecule has 0 bridgehead atoms. The minimum Gasteiger partial charge on any atom is -0.489 e. The molecule has 184 valence electrons. The van der Waals surface area contributed by atoms with Crippen molar-refractivity contribution in [1.29, 1.82) is 0 Å². The van der Waals surface area contributed by atoms with E-state index in [1.807, 2.05) is 30.3 Å². The summed E-state index contributed by atoms with van der Waals surface area (Å²) < 4.78 is 5.93. The minimum atomic E-state index is -0.243. The highest BCUT2D eigenvalue weighted by Gasteiger charge is 2.22. The Morgan fingerprint density at radius 3 is 2.69 bits per heavy atom. The number of hydrogen-bond acceptors (Lipinski definition) is 7. The van der Waals surface area contributed by atoms with E-state index in [0.29, 0.717) is 34.3 Å². The maximum Gasteiger partial charge on any atom is 0.267 e. The number of thiazole rings is 1. The van der Waals surface area contributed by atoms with Crippen molar-refractivity contribution in [2.45, 2.75) is 19.3 Å². The summed E-state index contributed by atoms with van der Waals surface area (Å²) in [5, 5.41) is 13.8. The van der Waals surface area contributed by atoms with Crippen LogP contribution in [0.4, 0.5) is 11.4 Å². The third-order valence-corrected chi connectivity index (χ3v) is 7.80. The number of fused-ring (bicyclic) bond motifs is 1. The largest absolute Gasteiger partial charge is 0.489 e. The summed E-state index contributed by atoms with van der Waals surface area (Å²) in [6, 6.07) is 13.2. The number of hydrogen-bond donors (Lipinski definition) is 2. The van der Waals surface area contributed by atoms with Crippen LogP contribution in [-0.2, 0) is 6.42 Å². The highest BCUT2D eigenvalue weighted by atomic mass is 35.5. The average molecular weight is 513 g/mol. The average Bonchev–Trinajstić information content (AvgIpc) is 3.54. The number of likely N-dealkylation sites (tertiary alicyclic amines) is 1. The molecule has 2 aliphatic heterocycles. The molecule has 0 radical (unpaired) electrons. The molecule has 3 aromatic rings. The number of rotatable bonds is 8. The normalized spacial score (nSPS) is 15.7. The molecule has 35 heavy (non-hydrogen) atoms. The Kier molecular flexibility index (Phi) is 7.53. The molecular weight excluding hydrogens is 484 g/mol. The fraction of sp³-hybridized carbons (Fsp3) is 0.385. The maximum absolute atomic E-state index is 13.2. The zero-order valence-electron chi connectivity index (χ0n) is 19.5. The molecular formula is C26H29ClN4O3S. The lowest BCUT2D eigenvalue weighted by molar-refractivity contribution is 0.102. The van der Waals surface area contributed by atoms with Crippen LogP contribution in [0.3, 0.4) is 0 Å². The zero-order valence-corrected chi connectivity index (χ0v) is 21.1. The van der Waals surface area contributed by atoms with Gasteiger partial charge in [0.25, 0.3) is 5.91 Å². The molecule has 7 nitrogen and oxygen atoms in total. The van der Waals surface area contributed by atoms with Crippen molar-refractivity contribution in [3.8, 4) is 16.3 Å². The molecule has 0 unspecified atom stereocenters. The number of carbonyl (C=O) groups is 1. The smallest absolute Gasteiger partial charge is 0.267 e. The quantitative estimate of drug-likeness (QED) is 0.461. The molecule has 0 saturated carbocycles. The number of benzene rings is 2. The molecule has 2 N–H and O–H groups in total. The van der Waals surface area contributed by atoms with Crippen LogP contribution in [0.25, 0.3) is 10.6 Å². The molecule has 9 heteroatoms. The summed E-state index contributed by atoms with van der Waals surface area (Å²) in [7, 11) is 0. The molecule has 1 amide bonds. The number of aliphatic hydroxyl groups excluding tert-OH is 1. The first-order chi connectivity index (χ1) is 17.1. The number of halogens is 1. The van der Waals surface area contributed by atoms with Crippen molar-refractivity contribution < 1.29 is 14.6 Å². The van der Waals surface area contributed by atoms with Crippen LogP contribution in [0.1, 0.15) is 28.2 Å². The minimum absolute atomic E-state index is 0.0793. The van der Waals surface area contributed by atoms with Crippen molar-refractivity contribution in [3.63, 3.8) is 0 Å². The third kappa shape index (κ3) is 5.62. The number of amides is 1. The molecule has 0 atom stereocenters. The highest BCUT2D eigenvalue weighted by Crippen LogP contribution is 2.35. The van der Waals surface area contributed by atoms with E-state index in [2.05, 4.69) is 20.1 Å². The monoisotopic (exact) mass is 512 g/mol. The summed E-state index contributed by atoms with van der Waals surface area (Å²) in [5.74, 6) is 0.546. The second-order valence-corrected chi connectivity index (χ2v) is 10.2. The van der Waals surface area contributed by atoms with Gasteiger partial charge in [0, 0.05) is 48.5 Å². The lowest BCUT2D eigenvalue weighted by Crippen LogP contribution is -2.38. The summed E-state index contributed by atoms with van der Waals surface area (Å²) >= 11 is 7.32. The van der Waals surface area contributed by atoms with Gasteiger partial charge in [0.05, 0.1) is 17.9 Å². The first-order valence-electron chi connectivity index (χ1n) is 12.0. The standard InChI is InChI=1S/C26H29ClN4O3S/c27-19-5-3-18(4-6-19)26-29-21(9-15-32)24(35-26)25(33)28-20-7-8-22-23(17-20)34-16-14-31(22)13-12-30-10-1-2-11-30/h3-8,17,32H,1-2,9-16H2,(H,28,33). The van der Waals surface area contributed by atoms with E-state index in [1.165, 1.54) is 37.3 Å². The first-order valence-corrected chi connectivity index (χ1v) is 13.2. The summed E-state index contributed by atoms with van der Waals surface area (Å²) in [4.78, 5) is 23.2. The Balaban J connectivity index is 1.31.